The van der Waals surface area contributed by atoms with E-state index in [2.05, 4.69) is 4.52 Å². The van der Waals surface area contributed by atoms with Crippen LogP contribution in [0.2, 0.25) is 0 Å². The van der Waals surface area contributed by atoms with Crippen molar-refractivity contribution in [1.82, 2.24) is 0 Å². The number of phosphoric ester groups is 1. The lowest BCUT2D eigenvalue weighted by molar-refractivity contribution is -0.133. The molecule has 0 rings (SSSR count). The fraction of sp³-hybridized carbons (Fsp3) is 0.500. The monoisotopic (exact) mass is 222 g/mol. The van der Waals surface area contributed by atoms with Crippen molar-refractivity contribution in [3.63, 3.8) is 0 Å². The molecule has 0 atom stereocenters. The maximum absolute atomic E-state index is 9.74. The lowest BCUT2D eigenvalue weighted by Gasteiger charge is -1.98. The van der Waals surface area contributed by atoms with Crippen LogP contribution in [0.4, 0.5) is 0 Å². The maximum Gasteiger partial charge on any atom is 0.526 e. The van der Waals surface area contributed by atoms with Gasteiger partial charge in [-0.2, -0.15) is 0 Å². The van der Waals surface area contributed by atoms with Crippen LogP contribution in [0.1, 0.15) is 6.92 Å². The van der Waals surface area contributed by atoms with Crippen molar-refractivity contribution in [3.8, 4) is 0 Å². The molecule has 0 aromatic rings. The average molecular weight is 222 g/mol. The van der Waals surface area contributed by atoms with Gasteiger partial charge in [-0.1, -0.05) is 0 Å². The molecule has 0 spiro atoms. The van der Waals surface area contributed by atoms with Crippen molar-refractivity contribution in [2.45, 2.75) is 6.92 Å². The number of phosphoric acid groups is 1. The van der Waals surface area contributed by atoms with Gasteiger partial charge in [-0.3, -0.25) is 19.1 Å². The highest BCUT2D eigenvalue weighted by atomic mass is 31.2. The number of rotatable bonds is 1. The molecule has 0 saturated carbocycles. The van der Waals surface area contributed by atoms with Gasteiger partial charge >= 0.3 is 22.0 Å². The van der Waals surface area contributed by atoms with Crippen molar-refractivity contribution < 1.29 is 38.0 Å². The first-order valence-electron chi connectivity index (χ1n) is 2.32. The number of carbonyl (C=O) groups excluding carboxylic acids is 1. The summed E-state index contributed by atoms with van der Waals surface area (Å²) in [6.07, 6.45) is 0. The summed E-state index contributed by atoms with van der Waals surface area (Å²) in [5, 5.41) is 0. The Morgan fingerprint density at radius 1 is 1.42 bits per heavy atom. The summed E-state index contributed by atoms with van der Waals surface area (Å²) < 4.78 is 21.9. The van der Waals surface area contributed by atoms with Gasteiger partial charge in [-0.15, -0.1) is 0 Å². The molecule has 0 fully saturated rings. The normalized spacial score (nSPS) is 10.2. The first kappa shape index (κ1) is 14.3. The third-order valence-electron chi connectivity index (χ3n) is 0.247. The molecule has 8 nitrogen and oxygen atoms in total. The van der Waals surface area contributed by atoms with E-state index in [-0.39, 0.29) is 0 Å². The fourth-order valence-electron chi connectivity index (χ4n) is 0.167. The van der Waals surface area contributed by atoms with E-state index in [9.17, 15) is 9.36 Å². The van der Waals surface area contributed by atoms with Crippen molar-refractivity contribution in [2.75, 3.05) is 0 Å². The molecule has 10 heteroatoms. The first-order chi connectivity index (χ1) is 5.15. The number of hydrogen-bond donors (Lipinski definition) is 4. The highest BCUT2D eigenvalue weighted by Crippen LogP contribution is 2.35. The molecule has 0 heterocycles. The van der Waals surface area contributed by atoms with Crippen LogP contribution in [-0.2, 0) is 18.4 Å². The lowest BCUT2D eigenvalue weighted by atomic mass is 10.9. The van der Waals surface area contributed by atoms with Gasteiger partial charge in [0.05, 0.1) is 0 Å². The van der Waals surface area contributed by atoms with Crippen LogP contribution in [-0.4, -0.2) is 25.5 Å². The molecule has 0 aliphatic rings. The van der Waals surface area contributed by atoms with Gasteiger partial charge in [-0.25, -0.2) is 4.57 Å². The standard InChI is InChI=1S/C2H5O5P.H3O3P/c1-2(3)7-8(4,5)6;1-4(2)3/h1H3,(H2,4,5,6);4H,(H2,1,2,3). The van der Waals surface area contributed by atoms with Gasteiger partial charge in [0, 0.05) is 6.92 Å². The third-order valence-corrected chi connectivity index (χ3v) is 0.742. The molecule has 0 unspecified atom stereocenters. The Morgan fingerprint density at radius 2 is 1.67 bits per heavy atom. The zero-order valence-electron chi connectivity index (χ0n) is 5.87. The second-order valence-corrected chi connectivity index (χ2v) is 3.08. The predicted molar refractivity (Wildman–Crippen MR) is 37.2 cm³/mol. The average Bonchev–Trinajstić information content (AvgIpc) is 1.52. The first-order valence-corrected chi connectivity index (χ1v) is 5.16. The predicted octanol–water partition coefficient (Wildman–Crippen LogP) is -0.997. The van der Waals surface area contributed by atoms with Crippen molar-refractivity contribution in [1.29, 1.82) is 0 Å². The van der Waals surface area contributed by atoms with E-state index in [0.29, 0.717) is 0 Å². The molecular formula is C2H8O8P2. The van der Waals surface area contributed by atoms with Crippen LogP contribution in [0.25, 0.3) is 0 Å². The number of hydrogen-bond acceptors (Lipinski definition) is 4. The van der Waals surface area contributed by atoms with Gasteiger partial charge in [0.1, 0.15) is 0 Å². The molecule has 0 bridgehead atoms. The van der Waals surface area contributed by atoms with Gasteiger partial charge in [0.25, 0.3) is 0 Å². The van der Waals surface area contributed by atoms with Crippen LogP contribution >= 0.6 is 16.1 Å². The number of carbonyl (C=O) groups is 1. The quantitative estimate of drug-likeness (QED) is 0.414. The molecule has 12 heavy (non-hydrogen) atoms. The van der Waals surface area contributed by atoms with Crippen molar-refractivity contribution in [2.24, 2.45) is 0 Å². The summed E-state index contributed by atoms with van der Waals surface area (Å²) in [5.74, 6) is -0.988. The second kappa shape index (κ2) is 6.30. The van der Waals surface area contributed by atoms with Gasteiger partial charge in [-0.05, 0) is 0 Å². The van der Waals surface area contributed by atoms with E-state index in [1.54, 1.807) is 0 Å². The van der Waals surface area contributed by atoms with Crippen LogP contribution in [0.15, 0.2) is 0 Å². The minimum absolute atomic E-state index is 0.916. The van der Waals surface area contributed by atoms with Gasteiger partial charge < -0.3 is 14.3 Å². The Kier molecular flexibility index (Phi) is 7.51. The summed E-state index contributed by atoms with van der Waals surface area (Å²) in [6.45, 7) is 0.916. The molecule has 4 N–H and O–H groups in total. The van der Waals surface area contributed by atoms with Crippen LogP contribution in [0.5, 0.6) is 0 Å². The Labute approximate surface area is 68.0 Å². The lowest BCUT2D eigenvalue weighted by Crippen LogP contribution is -1.94. The Morgan fingerprint density at radius 3 is 1.67 bits per heavy atom. The minimum Gasteiger partial charge on any atom is -0.371 e. The SMILES string of the molecule is CC(=O)OP(=O)(O)O.O=[PH](O)O. The maximum atomic E-state index is 9.74. The highest BCUT2D eigenvalue weighted by Gasteiger charge is 2.16. The van der Waals surface area contributed by atoms with Gasteiger partial charge in [0.2, 0.25) is 0 Å². The van der Waals surface area contributed by atoms with E-state index >= 15 is 0 Å². The zero-order chi connectivity index (χ0) is 10.4. The minimum atomic E-state index is -4.57. The third kappa shape index (κ3) is 33.0. The van der Waals surface area contributed by atoms with E-state index in [0.717, 1.165) is 6.92 Å². The highest BCUT2D eigenvalue weighted by molar-refractivity contribution is 7.46. The fourth-order valence-corrected chi connectivity index (χ4v) is 0.502. The molecule has 0 amide bonds. The Hall–Kier alpha value is -0.230. The van der Waals surface area contributed by atoms with E-state index in [4.69, 9.17) is 24.1 Å². The van der Waals surface area contributed by atoms with Crippen LogP contribution < -0.4 is 0 Å². The van der Waals surface area contributed by atoms with Crippen LogP contribution in [0, 0.1) is 0 Å². The molecule has 74 valence electrons. The molecule has 0 radical (unpaired) electrons. The molecule has 0 aliphatic carbocycles. The van der Waals surface area contributed by atoms with E-state index in [1.807, 2.05) is 0 Å². The second-order valence-electron chi connectivity index (χ2n) is 1.36. The molecular weight excluding hydrogens is 214 g/mol. The molecule has 0 aliphatic heterocycles. The Bertz CT molecular complexity index is 199. The summed E-state index contributed by atoms with van der Waals surface area (Å²) >= 11 is 0. The largest absolute Gasteiger partial charge is 0.526 e. The molecule has 0 saturated heterocycles. The summed E-state index contributed by atoms with van der Waals surface area (Å²) in [5.41, 5.74) is 0. The molecule has 0 aromatic heterocycles. The Balaban J connectivity index is 0. The van der Waals surface area contributed by atoms with Crippen molar-refractivity contribution in [3.05, 3.63) is 0 Å². The summed E-state index contributed by atoms with van der Waals surface area (Å²) in [4.78, 5) is 39.8. The van der Waals surface area contributed by atoms with Crippen LogP contribution in [0.3, 0.4) is 0 Å². The van der Waals surface area contributed by atoms with Crippen molar-refractivity contribution >= 4 is 22.0 Å². The van der Waals surface area contributed by atoms with Gasteiger partial charge in [0.15, 0.2) is 0 Å². The topological polar surface area (TPSA) is 141 Å². The van der Waals surface area contributed by atoms with E-state index in [1.165, 1.54) is 0 Å². The summed E-state index contributed by atoms with van der Waals surface area (Å²) in [6, 6.07) is 0. The zero-order valence-corrected chi connectivity index (χ0v) is 7.76. The smallest absolute Gasteiger partial charge is 0.371 e. The van der Waals surface area contributed by atoms with E-state index < -0.39 is 22.0 Å². The summed E-state index contributed by atoms with van der Waals surface area (Å²) in [7, 11) is -7.70. The molecule has 0 aromatic carbocycles.